The van der Waals surface area contributed by atoms with Crippen molar-refractivity contribution in [1.82, 2.24) is 4.98 Å². The molecule has 60 valence electrons. The summed E-state index contributed by atoms with van der Waals surface area (Å²) in [5.41, 5.74) is 1.24. The largest absolute Gasteiger partial charge is 0.244 e. The average molecular weight is 178 g/mol. The monoisotopic (exact) mass is 177 g/mol. The van der Waals surface area contributed by atoms with Crippen molar-refractivity contribution in [2.45, 2.75) is 6.92 Å². The van der Waals surface area contributed by atoms with Crippen molar-refractivity contribution >= 4 is 22.4 Å². The molecule has 1 nitrogen and oxygen atoms in total. The number of hydrogen-bond acceptors (Lipinski definition) is 1. The molecule has 2 rings (SSSR count). The standard InChI is InChI=1S/C10H8ClN/c1-7-2-3-9-8(6-7)4-5-12-10(9)11/h2-6H,1H3. The van der Waals surface area contributed by atoms with Crippen LogP contribution in [0.2, 0.25) is 5.15 Å². The van der Waals surface area contributed by atoms with E-state index in [-0.39, 0.29) is 0 Å². The molecule has 0 N–H and O–H groups in total. The predicted molar refractivity (Wildman–Crippen MR) is 51.5 cm³/mol. The van der Waals surface area contributed by atoms with Gasteiger partial charge in [0.15, 0.2) is 0 Å². The molecule has 0 aliphatic heterocycles. The Bertz CT molecular complexity index is 423. The first-order chi connectivity index (χ1) is 5.77. The molecule has 1 heterocycles. The van der Waals surface area contributed by atoms with Gasteiger partial charge in [0.2, 0.25) is 0 Å². The molecule has 0 fully saturated rings. The highest BCUT2D eigenvalue weighted by atomic mass is 35.5. The molecule has 0 spiro atoms. The van der Waals surface area contributed by atoms with Gasteiger partial charge in [-0.1, -0.05) is 35.4 Å². The fourth-order valence-corrected chi connectivity index (χ4v) is 1.49. The summed E-state index contributed by atoms with van der Waals surface area (Å²) in [6, 6.07) is 8.10. The van der Waals surface area contributed by atoms with Crippen molar-refractivity contribution in [3.05, 3.63) is 41.2 Å². The Morgan fingerprint density at radius 2 is 2.08 bits per heavy atom. The molecular weight excluding hydrogens is 170 g/mol. The second kappa shape index (κ2) is 2.76. The summed E-state index contributed by atoms with van der Waals surface area (Å²) in [5.74, 6) is 0. The number of pyridine rings is 1. The van der Waals surface area contributed by atoms with E-state index in [1.54, 1.807) is 6.20 Å². The summed E-state index contributed by atoms with van der Waals surface area (Å²) in [6.07, 6.45) is 1.73. The Morgan fingerprint density at radius 3 is 2.92 bits per heavy atom. The minimum absolute atomic E-state index is 0.576. The minimum Gasteiger partial charge on any atom is -0.244 e. The van der Waals surface area contributed by atoms with Crippen LogP contribution in [0.4, 0.5) is 0 Å². The molecule has 0 aliphatic rings. The maximum atomic E-state index is 5.90. The number of nitrogens with zero attached hydrogens (tertiary/aromatic N) is 1. The van der Waals surface area contributed by atoms with E-state index in [1.807, 2.05) is 18.2 Å². The van der Waals surface area contributed by atoms with Crippen molar-refractivity contribution in [1.29, 1.82) is 0 Å². The fourth-order valence-electron chi connectivity index (χ4n) is 1.26. The van der Waals surface area contributed by atoms with Crippen molar-refractivity contribution in [3.8, 4) is 0 Å². The first-order valence-electron chi connectivity index (χ1n) is 3.78. The fraction of sp³-hybridized carbons (Fsp3) is 0.100. The third-order valence-corrected chi connectivity index (χ3v) is 2.17. The zero-order valence-corrected chi connectivity index (χ0v) is 7.47. The van der Waals surface area contributed by atoms with Gasteiger partial charge in [0.25, 0.3) is 0 Å². The lowest BCUT2D eigenvalue weighted by Crippen LogP contribution is -1.79. The van der Waals surface area contributed by atoms with E-state index >= 15 is 0 Å². The van der Waals surface area contributed by atoms with Gasteiger partial charge in [0.05, 0.1) is 0 Å². The minimum atomic E-state index is 0.576. The number of aryl methyl sites for hydroxylation is 1. The van der Waals surface area contributed by atoms with Crippen LogP contribution in [-0.2, 0) is 0 Å². The van der Waals surface area contributed by atoms with Crippen LogP contribution < -0.4 is 0 Å². The Labute approximate surface area is 76.0 Å². The highest BCUT2D eigenvalue weighted by Crippen LogP contribution is 2.21. The molecule has 12 heavy (non-hydrogen) atoms. The first-order valence-corrected chi connectivity index (χ1v) is 4.16. The van der Waals surface area contributed by atoms with Gasteiger partial charge in [0, 0.05) is 11.6 Å². The van der Waals surface area contributed by atoms with Crippen LogP contribution in [0, 0.1) is 6.92 Å². The highest BCUT2D eigenvalue weighted by molar-refractivity contribution is 6.34. The van der Waals surface area contributed by atoms with Crippen molar-refractivity contribution in [2.75, 3.05) is 0 Å². The zero-order chi connectivity index (χ0) is 8.55. The van der Waals surface area contributed by atoms with Gasteiger partial charge in [-0.15, -0.1) is 0 Å². The third kappa shape index (κ3) is 1.16. The average Bonchev–Trinajstić information content (AvgIpc) is 2.04. The zero-order valence-electron chi connectivity index (χ0n) is 6.71. The second-order valence-electron chi connectivity index (χ2n) is 2.83. The van der Waals surface area contributed by atoms with Crippen molar-refractivity contribution in [3.63, 3.8) is 0 Å². The molecule has 0 bridgehead atoms. The molecule has 0 aliphatic carbocycles. The molecule has 2 heteroatoms. The predicted octanol–water partition coefficient (Wildman–Crippen LogP) is 3.20. The number of rotatable bonds is 0. The maximum absolute atomic E-state index is 5.90. The molecule has 0 amide bonds. The summed E-state index contributed by atoms with van der Waals surface area (Å²) in [4.78, 5) is 4.00. The van der Waals surface area contributed by atoms with Crippen molar-refractivity contribution < 1.29 is 0 Å². The summed E-state index contributed by atoms with van der Waals surface area (Å²) < 4.78 is 0. The lowest BCUT2D eigenvalue weighted by Gasteiger charge is -1.99. The molecule has 1 aromatic heterocycles. The van der Waals surface area contributed by atoms with Crippen LogP contribution >= 0.6 is 11.6 Å². The first kappa shape index (κ1) is 7.56. The van der Waals surface area contributed by atoms with Crippen LogP contribution in [0.25, 0.3) is 10.8 Å². The van der Waals surface area contributed by atoms with Crippen LogP contribution in [-0.4, -0.2) is 4.98 Å². The molecule has 1 aromatic carbocycles. The lowest BCUT2D eigenvalue weighted by atomic mass is 10.1. The van der Waals surface area contributed by atoms with Crippen LogP contribution in [0.15, 0.2) is 30.5 Å². The normalized spacial score (nSPS) is 10.5. The maximum Gasteiger partial charge on any atom is 0.136 e. The number of aromatic nitrogens is 1. The van der Waals surface area contributed by atoms with Crippen LogP contribution in [0.3, 0.4) is 0 Å². The van der Waals surface area contributed by atoms with E-state index in [1.165, 1.54) is 5.56 Å². The van der Waals surface area contributed by atoms with E-state index in [4.69, 9.17) is 11.6 Å². The van der Waals surface area contributed by atoms with E-state index in [0.29, 0.717) is 5.15 Å². The molecule has 2 aromatic rings. The number of halogens is 1. The Balaban J connectivity index is 2.86. The van der Waals surface area contributed by atoms with Gasteiger partial charge in [0.1, 0.15) is 5.15 Å². The van der Waals surface area contributed by atoms with Gasteiger partial charge in [-0.25, -0.2) is 4.98 Å². The summed E-state index contributed by atoms with van der Waals surface area (Å²) >= 11 is 5.90. The van der Waals surface area contributed by atoms with E-state index < -0.39 is 0 Å². The molecule has 0 saturated carbocycles. The molecule has 0 saturated heterocycles. The third-order valence-electron chi connectivity index (χ3n) is 1.87. The summed E-state index contributed by atoms with van der Waals surface area (Å²) in [7, 11) is 0. The van der Waals surface area contributed by atoms with Gasteiger partial charge in [-0.2, -0.15) is 0 Å². The molecule has 0 atom stereocenters. The molecule has 0 radical (unpaired) electrons. The highest BCUT2D eigenvalue weighted by Gasteiger charge is 1.97. The smallest absolute Gasteiger partial charge is 0.136 e. The summed E-state index contributed by atoms with van der Waals surface area (Å²) in [5, 5.41) is 2.74. The quantitative estimate of drug-likeness (QED) is 0.564. The number of fused-ring (bicyclic) bond motifs is 1. The van der Waals surface area contributed by atoms with Gasteiger partial charge >= 0.3 is 0 Å². The number of benzene rings is 1. The van der Waals surface area contributed by atoms with E-state index in [9.17, 15) is 0 Å². The van der Waals surface area contributed by atoms with Crippen LogP contribution in [0.5, 0.6) is 0 Å². The van der Waals surface area contributed by atoms with Gasteiger partial charge < -0.3 is 0 Å². The Morgan fingerprint density at radius 1 is 1.25 bits per heavy atom. The SMILES string of the molecule is Cc1ccc2c(Cl)nccc2c1. The van der Waals surface area contributed by atoms with Gasteiger partial charge in [-0.3, -0.25) is 0 Å². The second-order valence-corrected chi connectivity index (χ2v) is 3.18. The van der Waals surface area contributed by atoms with Gasteiger partial charge in [-0.05, 0) is 18.4 Å². The Hall–Kier alpha value is -1.08. The molecule has 0 unspecified atom stereocenters. The number of hydrogen-bond donors (Lipinski definition) is 0. The van der Waals surface area contributed by atoms with Crippen molar-refractivity contribution in [2.24, 2.45) is 0 Å². The van der Waals surface area contributed by atoms with E-state index in [2.05, 4.69) is 18.0 Å². The Kier molecular flexibility index (Phi) is 1.74. The van der Waals surface area contributed by atoms with E-state index in [0.717, 1.165) is 10.8 Å². The topological polar surface area (TPSA) is 12.9 Å². The lowest BCUT2D eigenvalue weighted by molar-refractivity contribution is 1.36. The van der Waals surface area contributed by atoms with Crippen LogP contribution in [0.1, 0.15) is 5.56 Å². The molecular formula is C10H8ClN. The summed E-state index contributed by atoms with van der Waals surface area (Å²) in [6.45, 7) is 2.06.